The zero-order valence-corrected chi connectivity index (χ0v) is 14.0. The van der Waals surface area contributed by atoms with Gasteiger partial charge in [-0.05, 0) is 24.6 Å². The van der Waals surface area contributed by atoms with E-state index in [2.05, 4.69) is 20.3 Å². The number of carbonyl (C=O) groups is 1. The lowest BCUT2D eigenvalue weighted by molar-refractivity contribution is 0.240. The van der Waals surface area contributed by atoms with Gasteiger partial charge in [0.2, 0.25) is 5.95 Å². The number of imidazole rings is 1. The van der Waals surface area contributed by atoms with Gasteiger partial charge >= 0.3 is 6.03 Å². The van der Waals surface area contributed by atoms with Crippen LogP contribution in [-0.4, -0.2) is 25.6 Å². The van der Waals surface area contributed by atoms with Gasteiger partial charge in [0.05, 0.1) is 12.3 Å². The predicted molar refractivity (Wildman–Crippen MR) is 96.2 cm³/mol. The number of furan rings is 1. The van der Waals surface area contributed by atoms with E-state index in [1.807, 2.05) is 37.3 Å². The minimum absolute atomic E-state index is 0.0366. The van der Waals surface area contributed by atoms with Crippen LogP contribution in [0.1, 0.15) is 18.5 Å². The fourth-order valence-corrected chi connectivity index (χ4v) is 2.73. The monoisotopic (exact) mass is 348 g/mol. The van der Waals surface area contributed by atoms with E-state index in [0.29, 0.717) is 22.6 Å². The Morgan fingerprint density at radius 3 is 2.73 bits per heavy atom. The van der Waals surface area contributed by atoms with Crippen LogP contribution in [0.3, 0.4) is 0 Å². The number of carbonyl (C=O) groups excluding carboxylic acids is 1. The molecular formula is C18H16N6O2. The molecule has 0 aliphatic carbocycles. The minimum atomic E-state index is -0.354. The number of rotatable bonds is 3. The highest BCUT2D eigenvalue weighted by molar-refractivity contribution is 5.93. The van der Waals surface area contributed by atoms with Crippen molar-refractivity contribution in [1.82, 2.24) is 24.8 Å². The van der Waals surface area contributed by atoms with Crippen LogP contribution in [0.2, 0.25) is 0 Å². The van der Waals surface area contributed by atoms with Crippen molar-refractivity contribution in [2.45, 2.75) is 13.0 Å². The van der Waals surface area contributed by atoms with E-state index in [1.54, 1.807) is 12.1 Å². The van der Waals surface area contributed by atoms with Crippen molar-refractivity contribution in [1.29, 1.82) is 0 Å². The molecule has 0 saturated carbocycles. The standard InChI is InChI=1S/C18H16N6O2/c1-11(12-6-3-2-4-7-12)21-18(25)24-10-20-15-14(13-8-5-9-26-13)22-17(19)23-16(15)24/h2-11H,1H3,(H,21,25)(H2,19,22,23)/t11-/m0/s1. The van der Waals surface area contributed by atoms with Crippen molar-refractivity contribution in [3.8, 4) is 11.5 Å². The fourth-order valence-electron chi connectivity index (χ4n) is 2.73. The number of nitrogens with two attached hydrogens (primary N) is 1. The van der Waals surface area contributed by atoms with Crippen molar-refractivity contribution < 1.29 is 9.21 Å². The Kier molecular flexibility index (Phi) is 3.85. The number of nitrogens with one attached hydrogen (secondary N) is 1. The second-order valence-corrected chi connectivity index (χ2v) is 5.78. The lowest BCUT2D eigenvalue weighted by Gasteiger charge is -2.14. The average Bonchev–Trinajstić information content (AvgIpc) is 3.31. The Bertz CT molecular complexity index is 1060. The van der Waals surface area contributed by atoms with Crippen molar-refractivity contribution >= 4 is 23.1 Å². The normalized spacial score (nSPS) is 12.2. The molecule has 0 radical (unpaired) electrons. The van der Waals surface area contributed by atoms with E-state index < -0.39 is 0 Å². The van der Waals surface area contributed by atoms with Crippen LogP contribution >= 0.6 is 0 Å². The van der Waals surface area contributed by atoms with Gasteiger partial charge in [0.25, 0.3) is 0 Å². The molecule has 0 aliphatic heterocycles. The van der Waals surface area contributed by atoms with Crippen molar-refractivity contribution in [3.63, 3.8) is 0 Å². The number of nitrogens with zero attached hydrogens (tertiary/aromatic N) is 4. The van der Waals surface area contributed by atoms with Crippen LogP contribution in [-0.2, 0) is 0 Å². The Balaban J connectivity index is 1.70. The molecule has 0 fully saturated rings. The van der Waals surface area contributed by atoms with E-state index in [1.165, 1.54) is 17.2 Å². The molecule has 1 aromatic carbocycles. The molecule has 130 valence electrons. The van der Waals surface area contributed by atoms with Crippen LogP contribution in [0.15, 0.2) is 59.5 Å². The summed E-state index contributed by atoms with van der Waals surface area (Å²) in [7, 11) is 0. The second kappa shape index (κ2) is 6.32. The van der Waals surface area contributed by atoms with Gasteiger partial charge in [-0.15, -0.1) is 0 Å². The van der Waals surface area contributed by atoms with Crippen molar-refractivity contribution in [2.75, 3.05) is 5.73 Å². The fraction of sp³-hybridized carbons (Fsp3) is 0.111. The van der Waals surface area contributed by atoms with Crippen molar-refractivity contribution in [3.05, 3.63) is 60.6 Å². The summed E-state index contributed by atoms with van der Waals surface area (Å²) in [6.45, 7) is 1.91. The number of amides is 1. The number of benzene rings is 1. The second-order valence-electron chi connectivity index (χ2n) is 5.78. The van der Waals surface area contributed by atoms with Crippen LogP contribution in [0.5, 0.6) is 0 Å². The molecule has 0 bridgehead atoms. The van der Waals surface area contributed by atoms with Crippen LogP contribution in [0, 0.1) is 0 Å². The molecule has 3 heterocycles. The summed E-state index contributed by atoms with van der Waals surface area (Å²) < 4.78 is 6.70. The summed E-state index contributed by atoms with van der Waals surface area (Å²) in [6.07, 6.45) is 2.93. The highest BCUT2D eigenvalue weighted by Crippen LogP contribution is 2.26. The highest BCUT2D eigenvalue weighted by Gasteiger charge is 2.19. The van der Waals surface area contributed by atoms with Gasteiger partial charge in [-0.1, -0.05) is 30.3 Å². The molecule has 26 heavy (non-hydrogen) atoms. The Morgan fingerprint density at radius 2 is 2.00 bits per heavy atom. The third-order valence-electron chi connectivity index (χ3n) is 4.03. The number of aromatic nitrogens is 4. The molecule has 4 aromatic rings. The van der Waals surface area contributed by atoms with Gasteiger partial charge in [-0.25, -0.2) is 19.3 Å². The molecule has 0 unspecified atom stereocenters. The largest absolute Gasteiger partial charge is 0.463 e. The van der Waals surface area contributed by atoms with Crippen LogP contribution in [0.25, 0.3) is 22.6 Å². The van der Waals surface area contributed by atoms with Gasteiger partial charge in [0.15, 0.2) is 11.4 Å². The molecule has 0 saturated heterocycles. The van der Waals surface area contributed by atoms with Gasteiger partial charge in [-0.3, -0.25) is 0 Å². The maximum atomic E-state index is 12.7. The summed E-state index contributed by atoms with van der Waals surface area (Å²) >= 11 is 0. The third kappa shape index (κ3) is 2.77. The first-order chi connectivity index (χ1) is 12.6. The Morgan fingerprint density at radius 1 is 1.19 bits per heavy atom. The number of hydrogen-bond donors (Lipinski definition) is 2. The smallest absolute Gasteiger partial charge is 0.329 e. The molecule has 0 aliphatic rings. The molecule has 8 nitrogen and oxygen atoms in total. The first kappa shape index (κ1) is 15.8. The first-order valence-electron chi connectivity index (χ1n) is 8.03. The molecule has 3 aromatic heterocycles. The van der Waals surface area contributed by atoms with Crippen molar-refractivity contribution in [2.24, 2.45) is 0 Å². The maximum Gasteiger partial charge on any atom is 0.329 e. The zero-order valence-electron chi connectivity index (χ0n) is 14.0. The van der Waals surface area contributed by atoms with Gasteiger partial charge in [0, 0.05) is 0 Å². The van der Waals surface area contributed by atoms with E-state index in [-0.39, 0.29) is 18.0 Å². The summed E-state index contributed by atoms with van der Waals surface area (Å²) in [5.41, 5.74) is 8.02. The molecule has 4 rings (SSSR count). The van der Waals surface area contributed by atoms with E-state index in [9.17, 15) is 4.79 Å². The van der Waals surface area contributed by atoms with E-state index in [0.717, 1.165) is 5.56 Å². The molecule has 1 atom stereocenters. The maximum absolute atomic E-state index is 12.7. The molecule has 3 N–H and O–H groups in total. The lowest BCUT2D eigenvalue weighted by atomic mass is 10.1. The number of hydrogen-bond acceptors (Lipinski definition) is 6. The Labute approximate surface area is 148 Å². The number of anilines is 1. The van der Waals surface area contributed by atoms with Gasteiger partial charge in [0.1, 0.15) is 17.5 Å². The summed E-state index contributed by atoms with van der Waals surface area (Å²) in [5, 5.41) is 2.92. The van der Waals surface area contributed by atoms with E-state index in [4.69, 9.17) is 10.2 Å². The zero-order chi connectivity index (χ0) is 18.1. The third-order valence-corrected chi connectivity index (χ3v) is 4.03. The lowest BCUT2D eigenvalue weighted by Crippen LogP contribution is -2.30. The van der Waals surface area contributed by atoms with Crippen LogP contribution in [0.4, 0.5) is 10.7 Å². The summed E-state index contributed by atoms with van der Waals surface area (Å²) in [5.74, 6) is 0.543. The Hall–Kier alpha value is -3.68. The van der Waals surface area contributed by atoms with Crippen LogP contribution < -0.4 is 11.1 Å². The molecule has 8 heteroatoms. The quantitative estimate of drug-likeness (QED) is 0.588. The summed E-state index contributed by atoms with van der Waals surface area (Å²) in [4.78, 5) is 25.3. The predicted octanol–water partition coefficient (Wildman–Crippen LogP) is 2.99. The topological polar surface area (TPSA) is 112 Å². The first-order valence-corrected chi connectivity index (χ1v) is 8.03. The van der Waals surface area contributed by atoms with Gasteiger partial charge in [-0.2, -0.15) is 4.98 Å². The molecule has 0 spiro atoms. The average molecular weight is 348 g/mol. The summed E-state index contributed by atoms with van der Waals surface area (Å²) in [6, 6.07) is 12.6. The minimum Gasteiger partial charge on any atom is -0.463 e. The number of fused-ring (bicyclic) bond motifs is 1. The number of nitrogen functional groups attached to an aromatic ring is 1. The van der Waals surface area contributed by atoms with Gasteiger partial charge < -0.3 is 15.5 Å². The van der Waals surface area contributed by atoms with E-state index >= 15 is 0 Å². The highest BCUT2D eigenvalue weighted by atomic mass is 16.3. The SMILES string of the molecule is C[C@H](NC(=O)n1cnc2c(-c3ccco3)nc(N)nc21)c1ccccc1. The molecular weight excluding hydrogens is 332 g/mol. The molecule has 1 amide bonds.